The van der Waals surface area contributed by atoms with Gasteiger partial charge in [-0.25, -0.2) is 0 Å². The highest BCUT2D eigenvalue weighted by molar-refractivity contribution is 8.17. The smallest absolute Gasteiger partial charge is 0.168 e. The van der Waals surface area contributed by atoms with Crippen LogP contribution in [0.15, 0.2) is 44.8 Å². The maximum atomic E-state index is 5.56. The highest BCUT2D eigenvalue weighted by Crippen LogP contribution is 2.52. The molecular formula is C16H14N2OS. The Morgan fingerprint density at radius 2 is 2.20 bits per heavy atom. The van der Waals surface area contributed by atoms with Gasteiger partial charge in [0.1, 0.15) is 5.58 Å². The molecule has 0 unspecified atom stereocenters. The third-order valence-corrected chi connectivity index (χ3v) is 5.46. The normalized spacial score (nSPS) is 21.8. The van der Waals surface area contributed by atoms with Crippen LogP contribution in [-0.2, 0) is 0 Å². The summed E-state index contributed by atoms with van der Waals surface area (Å²) in [4.78, 5) is 8.54. The summed E-state index contributed by atoms with van der Waals surface area (Å²) < 4.78 is 5.56. The number of nitrogens with zero attached hydrogens (tertiary/aromatic N) is 2. The van der Waals surface area contributed by atoms with Crippen molar-refractivity contribution in [1.29, 1.82) is 0 Å². The number of amidine groups is 1. The molecule has 0 radical (unpaired) electrons. The second kappa shape index (κ2) is 3.92. The van der Waals surface area contributed by atoms with Crippen LogP contribution in [0.1, 0.15) is 18.4 Å². The van der Waals surface area contributed by atoms with Crippen molar-refractivity contribution in [2.75, 3.05) is 13.1 Å². The van der Waals surface area contributed by atoms with Gasteiger partial charge in [-0.1, -0.05) is 23.9 Å². The van der Waals surface area contributed by atoms with Crippen LogP contribution < -0.4 is 0 Å². The molecule has 2 aromatic rings. The zero-order chi connectivity index (χ0) is 13.1. The summed E-state index contributed by atoms with van der Waals surface area (Å²) in [5, 5.41) is 2.37. The van der Waals surface area contributed by atoms with Crippen LogP contribution in [0.3, 0.4) is 0 Å². The summed E-state index contributed by atoms with van der Waals surface area (Å²) >= 11 is 1.89. The number of hydrogen-bond donors (Lipinski definition) is 0. The van der Waals surface area contributed by atoms with Gasteiger partial charge in [0.25, 0.3) is 0 Å². The molecule has 1 saturated carbocycles. The molecule has 0 spiro atoms. The van der Waals surface area contributed by atoms with Gasteiger partial charge in [-0.05, 0) is 30.9 Å². The van der Waals surface area contributed by atoms with Crippen molar-refractivity contribution in [1.82, 2.24) is 4.90 Å². The molecule has 4 heteroatoms. The Hall–Kier alpha value is -1.68. The van der Waals surface area contributed by atoms with Gasteiger partial charge in [0.15, 0.2) is 5.17 Å². The van der Waals surface area contributed by atoms with Gasteiger partial charge in [0, 0.05) is 22.4 Å². The van der Waals surface area contributed by atoms with Crippen molar-refractivity contribution in [3.63, 3.8) is 0 Å². The fourth-order valence-electron chi connectivity index (χ4n) is 3.02. The van der Waals surface area contributed by atoms with Crippen LogP contribution in [0.2, 0.25) is 0 Å². The van der Waals surface area contributed by atoms with E-state index in [0.29, 0.717) is 0 Å². The Kier molecular flexibility index (Phi) is 2.16. The zero-order valence-corrected chi connectivity index (χ0v) is 11.8. The highest BCUT2D eigenvalue weighted by atomic mass is 32.2. The largest absolute Gasteiger partial charge is 0.464 e. The topological polar surface area (TPSA) is 28.7 Å². The Bertz CT molecular complexity index is 770. The van der Waals surface area contributed by atoms with Crippen molar-refractivity contribution in [3.8, 4) is 0 Å². The molecule has 1 aliphatic carbocycles. The molecule has 1 aromatic carbocycles. The highest BCUT2D eigenvalue weighted by Gasteiger charge is 2.40. The SMILES string of the molecule is c1cc2ccc(C3=C(C4CC4)SC4=NCCN43)cc2o1. The van der Waals surface area contributed by atoms with Crippen LogP contribution >= 0.6 is 11.8 Å². The number of hydrogen-bond acceptors (Lipinski definition) is 4. The lowest BCUT2D eigenvalue weighted by molar-refractivity contribution is 0.614. The molecule has 0 amide bonds. The van der Waals surface area contributed by atoms with E-state index in [-0.39, 0.29) is 0 Å². The number of thioether (sulfide) groups is 1. The third kappa shape index (κ3) is 1.51. The Labute approximate surface area is 121 Å². The molecule has 3 aliphatic rings. The summed E-state index contributed by atoms with van der Waals surface area (Å²) in [6.45, 7) is 1.94. The minimum Gasteiger partial charge on any atom is -0.464 e. The van der Waals surface area contributed by atoms with Crippen LogP contribution in [0.5, 0.6) is 0 Å². The predicted octanol–water partition coefficient (Wildman–Crippen LogP) is 3.93. The third-order valence-electron chi connectivity index (χ3n) is 4.18. The Balaban J connectivity index is 1.69. The van der Waals surface area contributed by atoms with Crippen molar-refractivity contribution < 1.29 is 4.42 Å². The van der Waals surface area contributed by atoms with Gasteiger partial charge < -0.3 is 9.32 Å². The van der Waals surface area contributed by atoms with Crippen molar-refractivity contribution in [3.05, 3.63) is 41.0 Å². The quantitative estimate of drug-likeness (QED) is 0.835. The maximum Gasteiger partial charge on any atom is 0.168 e. The van der Waals surface area contributed by atoms with E-state index in [4.69, 9.17) is 4.42 Å². The van der Waals surface area contributed by atoms with Crippen molar-refractivity contribution in [2.24, 2.45) is 10.9 Å². The summed E-state index contributed by atoms with van der Waals surface area (Å²) in [6.07, 6.45) is 4.42. The van der Waals surface area contributed by atoms with Crippen LogP contribution in [-0.4, -0.2) is 23.2 Å². The van der Waals surface area contributed by atoms with E-state index in [0.717, 1.165) is 24.6 Å². The standard InChI is InChI=1S/C16H14N2OS/c1-4-12(9-13-10(1)5-8-19-13)14-15(11-2-3-11)20-16-17-6-7-18(14)16/h1,4-5,8-9,11H,2-3,6-7H2. The van der Waals surface area contributed by atoms with E-state index in [1.807, 2.05) is 17.8 Å². The molecule has 100 valence electrons. The lowest BCUT2D eigenvalue weighted by Crippen LogP contribution is -2.20. The molecule has 0 saturated heterocycles. The summed E-state index contributed by atoms with van der Waals surface area (Å²) in [5.74, 6) is 0.760. The number of aliphatic imine (C=N–C) groups is 1. The number of allylic oxidation sites excluding steroid dienone is 1. The number of furan rings is 1. The lowest BCUT2D eigenvalue weighted by atomic mass is 10.1. The molecule has 3 heterocycles. The second-order valence-electron chi connectivity index (χ2n) is 5.58. The first-order chi connectivity index (χ1) is 9.90. The average molecular weight is 282 g/mol. The monoisotopic (exact) mass is 282 g/mol. The first-order valence-corrected chi connectivity index (χ1v) is 7.93. The molecule has 1 aromatic heterocycles. The Morgan fingerprint density at radius 3 is 3.10 bits per heavy atom. The summed E-state index contributed by atoms with van der Waals surface area (Å²) in [6, 6.07) is 8.56. The van der Waals surface area contributed by atoms with Crippen LogP contribution in [0.25, 0.3) is 16.7 Å². The molecule has 2 aliphatic heterocycles. The predicted molar refractivity (Wildman–Crippen MR) is 82.5 cm³/mol. The van der Waals surface area contributed by atoms with E-state index in [9.17, 15) is 0 Å². The first kappa shape index (κ1) is 11.0. The minimum absolute atomic E-state index is 0.760. The van der Waals surface area contributed by atoms with E-state index < -0.39 is 0 Å². The molecule has 0 atom stereocenters. The van der Waals surface area contributed by atoms with Gasteiger partial charge in [0.05, 0.1) is 18.5 Å². The van der Waals surface area contributed by atoms with Gasteiger partial charge in [-0.3, -0.25) is 4.99 Å². The molecule has 5 rings (SSSR count). The van der Waals surface area contributed by atoms with Gasteiger partial charge in [0.2, 0.25) is 0 Å². The zero-order valence-electron chi connectivity index (χ0n) is 11.0. The number of rotatable bonds is 2. The van der Waals surface area contributed by atoms with E-state index in [1.54, 1.807) is 6.26 Å². The number of fused-ring (bicyclic) bond motifs is 2. The van der Waals surface area contributed by atoms with Gasteiger partial charge in [-0.15, -0.1) is 0 Å². The minimum atomic E-state index is 0.760. The second-order valence-corrected chi connectivity index (χ2v) is 6.59. The van der Waals surface area contributed by atoms with E-state index in [2.05, 4.69) is 28.1 Å². The maximum absolute atomic E-state index is 5.56. The van der Waals surface area contributed by atoms with Gasteiger partial charge in [-0.2, -0.15) is 0 Å². The lowest BCUT2D eigenvalue weighted by Gasteiger charge is -2.17. The van der Waals surface area contributed by atoms with Crippen LogP contribution in [0.4, 0.5) is 0 Å². The molecule has 20 heavy (non-hydrogen) atoms. The summed E-state index contributed by atoms with van der Waals surface area (Å²) in [5.41, 5.74) is 3.63. The molecule has 0 N–H and O–H groups in total. The molecule has 0 bridgehead atoms. The summed E-state index contributed by atoms with van der Waals surface area (Å²) in [7, 11) is 0. The molecule has 3 nitrogen and oxygen atoms in total. The van der Waals surface area contributed by atoms with Gasteiger partial charge >= 0.3 is 0 Å². The van der Waals surface area contributed by atoms with E-state index in [1.165, 1.54) is 39.6 Å². The first-order valence-electron chi connectivity index (χ1n) is 7.12. The molecular weight excluding hydrogens is 268 g/mol. The van der Waals surface area contributed by atoms with Crippen molar-refractivity contribution in [2.45, 2.75) is 12.8 Å². The average Bonchev–Trinajstić information content (AvgIpc) is 2.89. The fraction of sp³-hybridized carbons (Fsp3) is 0.312. The van der Waals surface area contributed by atoms with Crippen molar-refractivity contribution >= 4 is 33.6 Å². The van der Waals surface area contributed by atoms with Crippen LogP contribution in [0, 0.1) is 5.92 Å². The molecule has 1 fully saturated rings. The van der Waals surface area contributed by atoms with E-state index >= 15 is 0 Å². The fourth-order valence-corrected chi connectivity index (χ4v) is 4.40. The number of benzene rings is 1. The Morgan fingerprint density at radius 1 is 1.25 bits per heavy atom.